The summed E-state index contributed by atoms with van der Waals surface area (Å²) in [6.45, 7) is 0.139. The normalized spacial score (nSPS) is 9.94. The molecular weight excluding hydrogens is 274 g/mol. The number of carbonyl (C=O) groups excluding carboxylic acids is 1. The molecule has 1 N–H and O–H groups in total. The Balaban J connectivity index is 2.86. The molecule has 0 atom stereocenters. The standard InChI is InChI=1S/C9H7Cl3N2O2/c10-5-3-6(8(12)7(11)4-5)9(15)13-1-2-14-16/h3-4H,1-2H2,(H,13,15). The minimum atomic E-state index is -0.446. The maximum Gasteiger partial charge on any atom is 0.252 e. The van der Waals surface area contributed by atoms with E-state index in [-0.39, 0.29) is 28.7 Å². The minimum Gasteiger partial charge on any atom is -0.350 e. The zero-order chi connectivity index (χ0) is 12.1. The highest BCUT2D eigenvalue weighted by Crippen LogP contribution is 2.29. The van der Waals surface area contributed by atoms with Crippen LogP contribution >= 0.6 is 34.8 Å². The fourth-order valence-corrected chi connectivity index (χ4v) is 1.72. The number of nitroso groups, excluding NO2 is 1. The number of nitrogens with one attached hydrogen (secondary N) is 1. The predicted octanol–water partition coefficient (Wildman–Crippen LogP) is 3.14. The van der Waals surface area contributed by atoms with E-state index in [1.54, 1.807) is 0 Å². The van der Waals surface area contributed by atoms with Crippen molar-refractivity contribution in [2.24, 2.45) is 5.18 Å². The third-order valence-corrected chi connectivity index (χ3v) is 2.75. The Kier molecular flexibility index (Phi) is 4.99. The van der Waals surface area contributed by atoms with Crippen LogP contribution in [0.25, 0.3) is 0 Å². The topological polar surface area (TPSA) is 58.5 Å². The summed E-state index contributed by atoms with van der Waals surface area (Å²) in [5.41, 5.74) is 0.171. The highest BCUT2D eigenvalue weighted by molar-refractivity contribution is 6.45. The van der Waals surface area contributed by atoms with Crippen molar-refractivity contribution in [1.29, 1.82) is 0 Å². The van der Waals surface area contributed by atoms with E-state index >= 15 is 0 Å². The molecule has 0 heterocycles. The zero-order valence-electron chi connectivity index (χ0n) is 7.97. The van der Waals surface area contributed by atoms with E-state index in [1.165, 1.54) is 12.1 Å². The van der Waals surface area contributed by atoms with Crippen LogP contribution in [0.4, 0.5) is 0 Å². The van der Waals surface area contributed by atoms with E-state index < -0.39 is 5.91 Å². The van der Waals surface area contributed by atoms with Crippen LogP contribution in [-0.2, 0) is 0 Å². The summed E-state index contributed by atoms with van der Waals surface area (Å²) in [6, 6.07) is 2.84. The number of amides is 1. The Bertz CT molecular complexity index is 423. The molecule has 86 valence electrons. The van der Waals surface area contributed by atoms with Crippen LogP contribution < -0.4 is 5.32 Å². The molecule has 0 aliphatic rings. The Hall–Kier alpha value is -0.840. The van der Waals surface area contributed by atoms with Gasteiger partial charge in [-0.15, -0.1) is 0 Å². The molecule has 0 saturated heterocycles. The number of hydrogen-bond acceptors (Lipinski definition) is 3. The average Bonchev–Trinajstić information content (AvgIpc) is 2.23. The van der Waals surface area contributed by atoms with Crippen LogP contribution in [0, 0.1) is 4.91 Å². The lowest BCUT2D eigenvalue weighted by atomic mass is 10.2. The Morgan fingerprint density at radius 1 is 1.31 bits per heavy atom. The van der Waals surface area contributed by atoms with Gasteiger partial charge in [-0.2, -0.15) is 4.91 Å². The molecule has 16 heavy (non-hydrogen) atoms. The molecule has 0 unspecified atom stereocenters. The second-order valence-electron chi connectivity index (χ2n) is 2.86. The fourth-order valence-electron chi connectivity index (χ4n) is 1.03. The first-order chi connectivity index (χ1) is 7.56. The molecule has 1 aromatic rings. The molecule has 1 amide bonds. The first kappa shape index (κ1) is 13.2. The second kappa shape index (κ2) is 6.03. The number of hydrogen-bond donors (Lipinski definition) is 1. The molecule has 0 spiro atoms. The monoisotopic (exact) mass is 280 g/mol. The molecule has 0 bridgehead atoms. The molecule has 7 heteroatoms. The van der Waals surface area contributed by atoms with E-state index in [1.807, 2.05) is 0 Å². The van der Waals surface area contributed by atoms with Gasteiger partial charge in [-0.25, -0.2) is 0 Å². The van der Waals surface area contributed by atoms with Crippen molar-refractivity contribution >= 4 is 40.7 Å². The second-order valence-corrected chi connectivity index (χ2v) is 4.08. The van der Waals surface area contributed by atoms with Crippen molar-refractivity contribution in [3.8, 4) is 0 Å². The van der Waals surface area contributed by atoms with Crippen molar-refractivity contribution in [2.45, 2.75) is 0 Å². The summed E-state index contributed by atoms with van der Waals surface area (Å²) in [7, 11) is 0. The van der Waals surface area contributed by atoms with Gasteiger partial charge >= 0.3 is 0 Å². The predicted molar refractivity (Wildman–Crippen MR) is 64.5 cm³/mol. The van der Waals surface area contributed by atoms with Gasteiger partial charge in [0, 0.05) is 11.6 Å². The fraction of sp³-hybridized carbons (Fsp3) is 0.222. The summed E-state index contributed by atoms with van der Waals surface area (Å²) < 4.78 is 0. The molecule has 0 aromatic heterocycles. The lowest BCUT2D eigenvalue weighted by molar-refractivity contribution is 0.0955. The van der Waals surface area contributed by atoms with Crippen LogP contribution in [0.3, 0.4) is 0 Å². The Morgan fingerprint density at radius 3 is 2.62 bits per heavy atom. The Labute approximate surface area is 107 Å². The summed E-state index contributed by atoms with van der Waals surface area (Å²) in [5, 5.41) is 5.71. The molecule has 0 saturated carbocycles. The van der Waals surface area contributed by atoms with Crippen molar-refractivity contribution in [3.63, 3.8) is 0 Å². The SMILES string of the molecule is O=NCCNC(=O)c1cc(Cl)cc(Cl)c1Cl. The van der Waals surface area contributed by atoms with Gasteiger partial charge in [0.05, 0.1) is 22.2 Å². The van der Waals surface area contributed by atoms with Crippen molar-refractivity contribution < 1.29 is 4.79 Å². The lowest BCUT2D eigenvalue weighted by Crippen LogP contribution is -2.26. The first-order valence-electron chi connectivity index (χ1n) is 4.28. The third kappa shape index (κ3) is 3.33. The molecular formula is C9H7Cl3N2O2. The van der Waals surface area contributed by atoms with E-state index in [0.29, 0.717) is 5.02 Å². The van der Waals surface area contributed by atoms with Crippen LogP contribution in [0.5, 0.6) is 0 Å². The highest BCUT2D eigenvalue weighted by Gasteiger charge is 2.13. The van der Waals surface area contributed by atoms with Crippen LogP contribution in [-0.4, -0.2) is 19.0 Å². The smallest absolute Gasteiger partial charge is 0.252 e. The highest BCUT2D eigenvalue weighted by atomic mass is 35.5. The van der Waals surface area contributed by atoms with Crippen LogP contribution in [0.2, 0.25) is 15.1 Å². The zero-order valence-corrected chi connectivity index (χ0v) is 10.2. The van der Waals surface area contributed by atoms with E-state index in [4.69, 9.17) is 34.8 Å². The number of rotatable bonds is 4. The average molecular weight is 282 g/mol. The van der Waals surface area contributed by atoms with E-state index in [9.17, 15) is 9.70 Å². The van der Waals surface area contributed by atoms with Crippen LogP contribution in [0.1, 0.15) is 10.4 Å². The van der Waals surface area contributed by atoms with Gasteiger partial charge < -0.3 is 5.32 Å². The number of halogens is 3. The maximum absolute atomic E-state index is 11.6. The lowest BCUT2D eigenvalue weighted by Gasteiger charge is -2.06. The molecule has 0 aliphatic carbocycles. The van der Waals surface area contributed by atoms with Gasteiger partial charge in [-0.05, 0) is 12.1 Å². The van der Waals surface area contributed by atoms with Gasteiger partial charge in [-0.1, -0.05) is 40.0 Å². The van der Waals surface area contributed by atoms with Gasteiger partial charge in [-0.3, -0.25) is 4.79 Å². The molecule has 0 fully saturated rings. The number of nitrogens with zero attached hydrogens (tertiary/aromatic N) is 1. The number of benzene rings is 1. The minimum absolute atomic E-state index is 0.00232. The summed E-state index contributed by atoms with van der Waals surface area (Å²) in [6.07, 6.45) is 0. The summed E-state index contributed by atoms with van der Waals surface area (Å²) in [5.74, 6) is -0.446. The van der Waals surface area contributed by atoms with E-state index in [2.05, 4.69) is 10.5 Å². The molecule has 1 aromatic carbocycles. The quantitative estimate of drug-likeness (QED) is 0.523. The molecule has 0 aliphatic heterocycles. The Morgan fingerprint density at radius 2 is 2.00 bits per heavy atom. The van der Waals surface area contributed by atoms with Crippen molar-refractivity contribution in [1.82, 2.24) is 5.32 Å². The number of carbonyl (C=O) groups is 1. The summed E-state index contributed by atoms with van der Waals surface area (Å²) >= 11 is 17.3. The van der Waals surface area contributed by atoms with Crippen LogP contribution in [0.15, 0.2) is 17.3 Å². The first-order valence-corrected chi connectivity index (χ1v) is 5.41. The van der Waals surface area contributed by atoms with Crippen molar-refractivity contribution in [2.75, 3.05) is 13.1 Å². The van der Waals surface area contributed by atoms with Gasteiger partial charge in [0.15, 0.2) is 0 Å². The van der Waals surface area contributed by atoms with Gasteiger partial charge in [0.2, 0.25) is 0 Å². The summed E-state index contributed by atoms with van der Waals surface area (Å²) in [4.78, 5) is 21.4. The third-order valence-electron chi connectivity index (χ3n) is 1.73. The molecule has 0 radical (unpaired) electrons. The molecule has 4 nitrogen and oxygen atoms in total. The molecule has 1 rings (SSSR count). The largest absolute Gasteiger partial charge is 0.350 e. The maximum atomic E-state index is 11.6. The van der Waals surface area contributed by atoms with Crippen molar-refractivity contribution in [3.05, 3.63) is 37.7 Å². The van der Waals surface area contributed by atoms with Gasteiger partial charge in [0.25, 0.3) is 5.91 Å². The van der Waals surface area contributed by atoms with E-state index in [0.717, 1.165) is 0 Å². The van der Waals surface area contributed by atoms with Gasteiger partial charge in [0.1, 0.15) is 0 Å².